The summed E-state index contributed by atoms with van der Waals surface area (Å²) in [5.74, 6) is 0. The third-order valence-electron chi connectivity index (χ3n) is 2.52. The fraction of sp³-hybridized carbons (Fsp3) is 1.00. The van der Waals surface area contributed by atoms with Crippen molar-refractivity contribution in [2.45, 2.75) is 71.3 Å². The monoisotopic (exact) mass is 171 g/mol. The van der Waals surface area contributed by atoms with Crippen LogP contribution >= 0.6 is 0 Å². The normalized spacial score (nSPS) is 12.0. The molecule has 1 nitrogen and oxygen atoms in total. The highest BCUT2D eigenvalue weighted by atomic mass is 14.7. The molecular weight excluding hydrogens is 146 g/mol. The largest absolute Gasteiger partial charge is 0.325 e. The quantitative estimate of drug-likeness (QED) is 0.623. The first-order valence-electron chi connectivity index (χ1n) is 5.47. The van der Waals surface area contributed by atoms with Crippen molar-refractivity contribution in [2.24, 2.45) is 5.73 Å². The van der Waals surface area contributed by atoms with Crippen molar-refractivity contribution < 1.29 is 0 Å². The highest BCUT2D eigenvalue weighted by Crippen LogP contribution is 2.22. The standard InChI is InChI=1S/C11H25N/c1-4-7-10-11(12,8-5-2)9-6-3/h4-10,12H2,1-3H3. The third kappa shape index (κ3) is 4.76. The lowest BCUT2D eigenvalue weighted by atomic mass is 9.85. The first-order valence-corrected chi connectivity index (χ1v) is 5.47. The smallest absolute Gasteiger partial charge is 0.0154 e. The van der Waals surface area contributed by atoms with Crippen molar-refractivity contribution >= 4 is 0 Å². The van der Waals surface area contributed by atoms with Gasteiger partial charge in [-0.3, -0.25) is 0 Å². The topological polar surface area (TPSA) is 26.0 Å². The Hall–Kier alpha value is -0.0400. The lowest BCUT2D eigenvalue weighted by Crippen LogP contribution is -2.39. The second-order valence-electron chi connectivity index (χ2n) is 3.97. The average molecular weight is 171 g/mol. The summed E-state index contributed by atoms with van der Waals surface area (Å²) in [6, 6.07) is 0. The molecule has 1 heteroatoms. The maximum Gasteiger partial charge on any atom is 0.0154 e. The van der Waals surface area contributed by atoms with Gasteiger partial charge in [-0.2, -0.15) is 0 Å². The number of hydrogen-bond acceptors (Lipinski definition) is 1. The number of hydrogen-bond donors (Lipinski definition) is 1. The van der Waals surface area contributed by atoms with Gasteiger partial charge in [-0.25, -0.2) is 0 Å². The zero-order valence-corrected chi connectivity index (χ0v) is 9.03. The molecular formula is C11H25N. The van der Waals surface area contributed by atoms with E-state index in [9.17, 15) is 0 Å². The summed E-state index contributed by atoms with van der Waals surface area (Å²) in [6.07, 6.45) is 8.61. The van der Waals surface area contributed by atoms with Crippen LogP contribution in [0.4, 0.5) is 0 Å². The molecule has 2 N–H and O–H groups in total. The summed E-state index contributed by atoms with van der Waals surface area (Å²) in [5, 5.41) is 0. The molecule has 12 heavy (non-hydrogen) atoms. The van der Waals surface area contributed by atoms with Crippen molar-refractivity contribution in [3.63, 3.8) is 0 Å². The van der Waals surface area contributed by atoms with Gasteiger partial charge in [0.25, 0.3) is 0 Å². The average Bonchev–Trinajstić information content (AvgIpc) is 2.02. The molecule has 0 rings (SSSR count). The molecule has 0 saturated heterocycles. The van der Waals surface area contributed by atoms with Gasteiger partial charge in [0.1, 0.15) is 0 Å². The maximum atomic E-state index is 6.31. The number of rotatable bonds is 7. The van der Waals surface area contributed by atoms with Gasteiger partial charge in [0, 0.05) is 5.54 Å². The van der Waals surface area contributed by atoms with Crippen LogP contribution in [0.5, 0.6) is 0 Å². The molecule has 0 aromatic heterocycles. The van der Waals surface area contributed by atoms with Gasteiger partial charge < -0.3 is 5.73 Å². The van der Waals surface area contributed by atoms with E-state index in [4.69, 9.17) is 5.73 Å². The van der Waals surface area contributed by atoms with Crippen LogP contribution in [0.1, 0.15) is 65.7 Å². The van der Waals surface area contributed by atoms with Crippen LogP contribution in [0.2, 0.25) is 0 Å². The minimum Gasteiger partial charge on any atom is -0.325 e. The van der Waals surface area contributed by atoms with E-state index in [0.29, 0.717) is 0 Å². The van der Waals surface area contributed by atoms with E-state index in [1.54, 1.807) is 0 Å². The first-order chi connectivity index (χ1) is 5.68. The second-order valence-corrected chi connectivity index (χ2v) is 3.97. The lowest BCUT2D eigenvalue weighted by molar-refractivity contribution is 0.324. The van der Waals surface area contributed by atoms with Crippen molar-refractivity contribution in [1.82, 2.24) is 0 Å². The molecule has 0 bridgehead atoms. The van der Waals surface area contributed by atoms with Gasteiger partial charge in [-0.1, -0.05) is 46.5 Å². The van der Waals surface area contributed by atoms with E-state index in [-0.39, 0.29) is 5.54 Å². The van der Waals surface area contributed by atoms with Crippen LogP contribution in [0.15, 0.2) is 0 Å². The zero-order valence-electron chi connectivity index (χ0n) is 9.03. The fourth-order valence-electron chi connectivity index (χ4n) is 1.90. The molecule has 0 saturated carbocycles. The predicted molar refractivity (Wildman–Crippen MR) is 56.3 cm³/mol. The molecule has 0 unspecified atom stereocenters. The van der Waals surface area contributed by atoms with Crippen LogP contribution in [-0.2, 0) is 0 Å². The van der Waals surface area contributed by atoms with Crippen LogP contribution < -0.4 is 5.73 Å². The molecule has 74 valence electrons. The Labute approximate surface area is 77.7 Å². The molecule has 0 spiro atoms. The molecule has 0 aromatic carbocycles. The summed E-state index contributed by atoms with van der Waals surface area (Å²) >= 11 is 0. The van der Waals surface area contributed by atoms with Gasteiger partial charge in [0.2, 0.25) is 0 Å². The molecule has 0 heterocycles. The van der Waals surface area contributed by atoms with E-state index in [0.717, 1.165) is 0 Å². The Morgan fingerprint density at radius 2 is 1.33 bits per heavy atom. The van der Waals surface area contributed by atoms with Gasteiger partial charge in [0.15, 0.2) is 0 Å². The van der Waals surface area contributed by atoms with Crippen LogP contribution in [0.3, 0.4) is 0 Å². The molecule has 0 atom stereocenters. The van der Waals surface area contributed by atoms with Crippen LogP contribution in [0.25, 0.3) is 0 Å². The van der Waals surface area contributed by atoms with E-state index >= 15 is 0 Å². The lowest BCUT2D eigenvalue weighted by Gasteiger charge is -2.28. The molecule has 0 aliphatic heterocycles. The fourth-order valence-corrected chi connectivity index (χ4v) is 1.90. The number of unbranched alkanes of at least 4 members (excludes halogenated alkanes) is 1. The molecule has 0 aliphatic carbocycles. The van der Waals surface area contributed by atoms with Gasteiger partial charge in [0.05, 0.1) is 0 Å². The second kappa shape index (κ2) is 6.47. The number of nitrogens with two attached hydrogens (primary N) is 1. The zero-order chi connectivity index (χ0) is 9.45. The van der Waals surface area contributed by atoms with Gasteiger partial charge >= 0.3 is 0 Å². The van der Waals surface area contributed by atoms with E-state index in [2.05, 4.69) is 20.8 Å². The Morgan fingerprint density at radius 3 is 1.67 bits per heavy atom. The third-order valence-corrected chi connectivity index (χ3v) is 2.52. The Balaban J connectivity index is 3.80. The summed E-state index contributed by atoms with van der Waals surface area (Å²) in [4.78, 5) is 0. The van der Waals surface area contributed by atoms with Crippen molar-refractivity contribution in [3.8, 4) is 0 Å². The summed E-state index contributed by atoms with van der Waals surface area (Å²) in [6.45, 7) is 6.69. The minimum atomic E-state index is 0.152. The Kier molecular flexibility index (Phi) is 6.45. The first kappa shape index (κ1) is 12.0. The van der Waals surface area contributed by atoms with Crippen molar-refractivity contribution in [1.29, 1.82) is 0 Å². The van der Waals surface area contributed by atoms with Crippen molar-refractivity contribution in [2.75, 3.05) is 0 Å². The molecule has 0 amide bonds. The van der Waals surface area contributed by atoms with Crippen molar-refractivity contribution in [3.05, 3.63) is 0 Å². The van der Waals surface area contributed by atoms with E-state index in [1.165, 1.54) is 44.9 Å². The van der Waals surface area contributed by atoms with Gasteiger partial charge in [-0.15, -0.1) is 0 Å². The minimum absolute atomic E-state index is 0.152. The SMILES string of the molecule is CCCCC(N)(CCC)CCC. The summed E-state index contributed by atoms with van der Waals surface area (Å²) in [5.41, 5.74) is 6.46. The van der Waals surface area contributed by atoms with Crippen LogP contribution in [-0.4, -0.2) is 5.54 Å². The van der Waals surface area contributed by atoms with Gasteiger partial charge in [-0.05, 0) is 19.3 Å². The highest BCUT2D eigenvalue weighted by Gasteiger charge is 2.21. The molecule has 0 fully saturated rings. The Bertz CT molecular complexity index is 93.2. The molecule has 0 aliphatic rings. The highest BCUT2D eigenvalue weighted by molar-refractivity contribution is 4.82. The summed E-state index contributed by atoms with van der Waals surface area (Å²) in [7, 11) is 0. The van der Waals surface area contributed by atoms with E-state index in [1.807, 2.05) is 0 Å². The molecule has 0 radical (unpaired) electrons. The summed E-state index contributed by atoms with van der Waals surface area (Å²) < 4.78 is 0. The molecule has 0 aromatic rings. The maximum absolute atomic E-state index is 6.31. The predicted octanol–water partition coefficient (Wildman–Crippen LogP) is 3.47. The van der Waals surface area contributed by atoms with Crippen LogP contribution in [0, 0.1) is 0 Å². The Morgan fingerprint density at radius 1 is 0.833 bits per heavy atom. The van der Waals surface area contributed by atoms with E-state index < -0.39 is 0 Å².